The third kappa shape index (κ3) is 4.14. The van der Waals surface area contributed by atoms with E-state index in [9.17, 15) is 18.3 Å². The first kappa shape index (κ1) is 17.5. The number of alkyl halides is 3. The molecule has 2 rings (SSSR count). The molecule has 2 aromatic carbocycles. The van der Waals surface area contributed by atoms with Crippen molar-refractivity contribution < 1.29 is 18.3 Å². The Hall–Kier alpha value is -1.81. The van der Waals surface area contributed by atoms with E-state index in [0.717, 1.165) is 5.56 Å². The highest BCUT2D eigenvalue weighted by Crippen LogP contribution is 2.42. The smallest absolute Gasteiger partial charge is 0.380 e. The van der Waals surface area contributed by atoms with E-state index >= 15 is 0 Å². The maximum Gasteiger partial charge on any atom is 0.417 e. The van der Waals surface area contributed by atoms with Gasteiger partial charge in [-0.05, 0) is 23.0 Å². The minimum Gasteiger partial charge on any atom is -0.380 e. The summed E-state index contributed by atoms with van der Waals surface area (Å²) in [4.78, 5) is 0. The van der Waals surface area contributed by atoms with E-state index in [1.807, 2.05) is 6.07 Å². The number of hydrogen-bond acceptors (Lipinski definition) is 1. The highest BCUT2D eigenvalue weighted by atomic mass is 19.4. The van der Waals surface area contributed by atoms with Crippen molar-refractivity contribution in [3.63, 3.8) is 0 Å². The van der Waals surface area contributed by atoms with Crippen LogP contribution in [0, 0.1) is 0 Å². The standard InChI is InChI=1S/C19H21F3O/c1-17(2,16-11-7-4-8-12-16)14-18(23,19(20,21)22)13-15-9-5-3-6-10-15/h3-12,23H,13-14H2,1-2H3. The second-order valence-electron chi connectivity index (χ2n) is 6.62. The van der Waals surface area contributed by atoms with Gasteiger partial charge in [0.15, 0.2) is 5.60 Å². The third-order valence-corrected chi connectivity index (χ3v) is 4.16. The summed E-state index contributed by atoms with van der Waals surface area (Å²) >= 11 is 0. The summed E-state index contributed by atoms with van der Waals surface area (Å²) in [7, 11) is 0. The summed E-state index contributed by atoms with van der Waals surface area (Å²) in [6.45, 7) is 3.45. The van der Waals surface area contributed by atoms with Crippen molar-refractivity contribution in [3.8, 4) is 0 Å². The molecule has 0 aromatic heterocycles. The Balaban J connectivity index is 2.32. The molecule has 0 aliphatic rings. The molecule has 1 N–H and O–H groups in total. The van der Waals surface area contributed by atoms with Crippen LogP contribution in [0.25, 0.3) is 0 Å². The Morgan fingerprint density at radius 3 is 1.78 bits per heavy atom. The monoisotopic (exact) mass is 322 g/mol. The summed E-state index contributed by atoms with van der Waals surface area (Å²) < 4.78 is 40.8. The molecule has 0 aliphatic heterocycles. The lowest BCUT2D eigenvalue weighted by molar-refractivity contribution is -0.266. The maximum atomic E-state index is 13.6. The SMILES string of the molecule is CC(C)(CC(O)(Cc1ccccc1)C(F)(F)F)c1ccccc1. The first-order valence-corrected chi connectivity index (χ1v) is 7.53. The van der Waals surface area contributed by atoms with Gasteiger partial charge in [-0.25, -0.2) is 0 Å². The highest BCUT2D eigenvalue weighted by Gasteiger charge is 2.55. The minimum atomic E-state index is -4.70. The molecular weight excluding hydrogens is 301 g/mol. The average Bonchev–Trinajstić information content (AvgIpc) is 2.47. The number of halogens is 3. The lowest BCUT2D eigenvalue weighted by Gasteiger charge is -2.38. The van der Waals surface area contributed by atoms with Crippen molar-refractivity contribution >= 4 is 0 Å². The van der Waals surface area contributed by atoms with Gasteiger partial charge in [0.25, 0.3) is 0 Å². The Labute approximate surface area is 134 Å². The summed E-state index contributed by atoms with van der Waals surface area (Å²) in [6, 6.07) is 17.3. The first-order chi connectivity index (χ1) is 10.6. The van der Waals surface area contributed by atoms with E-state index in [-0.39, 0.29) is 0 Å². The van der Waals surface area contributed by atoms with E-state index in [0.29, 0.717) is 5.56 Å². The molecule has 23 heavy (non-hydrogen) atoms. The second kappa shape index (κ2) is 6.36. The third-order valence-electron chi connectivity index (χ3n) is 4.16. The van der Waals surface area contributed by atoms with E-state index < -0.39 is 30.0 Å². The van der Waals surface area contributed by atoms with Crippen LogP contribution in [0.4, 0.5) is 13.2 Å². The van der Waals surface area contributed by atoms with Crippen LogP contribution in [0.5, 0.6) is 0 Å². The van der Waals surface area contributed by atoms with Crippen molar-refractivity contribution in [2.24, 2.45) is 0 Å². The van der Waals surface area contributed by atoms with Gasteiger partial charge in [0.1, 0.15) is 0 Å². The zero-order valence-electron chi connectivity index (χ0n) is 13.3. The van der Waals surface area contributed by atoms with Gasteiger partial charge in [-0.15, -0.1) is 0 Å². The molecule has 0 saturated carbocycles. The second-order valence-corrected chi connectivity index (χ2v) is 6.62. The van der Waals surface area contributed by atoms with E-state index in [1.54, 1.807) is 68.4 Å². The molecular formula is C19H21F3O. The molecule has 0 fully saturated rings. The highest BCUT2D eigenvalue weighted by molar-refractivity contribution is 5.26. The maximum absolute atomic E-state index is 13.6. The molecule has 2 aromatic rings. The van der Waals surface area contributed by atoms with Crippen LogP contribution in [0.3, 0.4) is 0 Å². The Morgan fingerprint density at radius 1 is 0.826 bits per heavy atom. The van der Waals surface area contributed by atoms with E-state index in [4.69, 9.17) is 0 Å². The Morgan fingerprint density at radius 2 is 1.30 bits per heavy atom. The lowest BCUT2D eigenvalue weighted by Crippen LogP contribution is -2.50. The van der Waals surface area contributed by atoms with Gasteiger partial charge in [0.05, 0.1) is 0 Å². The number of rotatable bonds is 5. The minimum absolute atomic E-state index is 0.400. The van der Waals surface area contributed by atoms with Crippen LogP contribution in [0.15, 0.2) is 60.7 Å². The van der Waals surface area contributed by atoms with Crippen LogP contribution in [-0.4, -0.2) is 16.9 Å². The predicted molar refractivity (Wildman–Crippen MR) is 85.2 cm³/mol. The van der Waals surface area contributed by atoms with Gasteiger partial charge < -0.3 is 5.11 Å². The van der Waals surface area contributed by atoms with Gasteiger partial charge in [-0.1, -0.05) is 74.5 Å². The predicted octanol–water partition coefficient (Wildman–Crippen LogP) is 4.89. The van der Waals surface area contributed by atoms with Gasteiger partial charge in [0.2, 0.25) is 0 Å². The summed E-state index contributed by atoms with van der Waals surface area (Å²) in [5.74, 6) is 0. The van der Waals surface area contributed by atoms with Crippen molar-refractivity contribution in [3.05, 3.63) is 71.8 Å². The fraction of sp³-hybridized carbons (Fsp3) is 0.368. The van der Waals surface area contributed by atoms with Crippen LogP contribution < -0.4 is 0 Å². The lowest BCUT2D eigenvalue weighted by atomic mass is 9.73. The fourth-order valence-electron chi connectivity index (χ4n) is 2.92. The average molecular weight is 322 g/mol. The van der Waals surface area contributed by atoms with Gasteiger partial charge in [-0.2, -0.15) is 13.2 Å². The van der Waals surface area contributed by atoms with Crippen LogP contribution in [-0.2, 0) is 11.8 Å². The Bertz CT molecular complexity index is 620. The molecule has 0 heterocycles. The summed E-state index contributed by atoms with van der Waals surface area (Å²) in [5, 5.41) is 10.5. The Kier molecular flexibility index (Phi) is 4.85. The summed E-state index contributed by atoms with van der Waals surface area (Å²) in [6.07, 6.45) is -5.55. The zero-order valence-corrected chi connectivity index (χ0v) is 13.3. The largest absolute Gasteiger partial charge is 0.417 e. The molecule has 4 heteroatoms. The number of hydrogen-bond donors (Lipinski definition) is 1. The molecule has 124 valence electrons. The molecule has 0 spiro atoms. The van der Waals surface area contributed by atoms with Gasteiger partial charge in [0, 0.05) is 6.42 Å². The molecule has 1 nitrogen and oxygen atoms in total. The molecule has 1 atom stereocenters. The zero-order chi connectivity index (χ0) is 17.1. The molecule has 0 aliphatic carbocycles. The van der Waals surface area contributed by atoms with Crippen LogP contribution >= 0.6 is 0 Å². The molecule has 0 bridgehead atoms. The van der Waals surface area contributed by atoms with Crippen molar-refractivity contribution in [1.82, 2.24) is 0 Å². The topological polar surface area (TPSA) is 20.2 Å². The van der Waals surface area contributed by atoms with Crippen LogP contribution in [0.2, 0.25) is 0 Å². The van der Waals surface area contributed by atoms with Crippen molar-refractivity contribution in [1.29, 1.82) is 0 Å². The van der Waals surface area contributed by atoms with E-state index in [2.05, 4.69) is 0 Å². The summed E-state index contributed by atoms with van der Waals surface area (Å²) in [5.41, 5.74) is -2.33. The first-order valence-electron chi connectivity index (χ1n) is 7.53. The molecule has 0 amide bonds. The fourth-order valence-corrected chi connectivity index (χ4v) is 2.92. The molecule has 0 saturated heterocycles. The van der Waals surface area contributed by atoms with Gasteiger partial charge in [-0.3, -0.25) is 0 Å². The molecule has 0 radical (unpaired) electrons. The van der Waals surface area contributed by atoms with Crippen molar-refractivity contribution in [2.75, 3.05) is 0 Å². The quantitative estimate of drug-likeness (QED) is 0.831. The van der Waals surface area contributed by atoms with E-state index in [1.165, 1.54) is 0 Å². The number of benzene rings is 2. The number of aliphatic hydroxyl groups is 1. The van der Waals surface area contributed by atoms with Crippen molar-refractivity contribution in [2.45, 2.75) is 43.9 Å². The molecule has 1 unspecified atom stereocenters. The van der Waals surface area contributed by atoms with Gasteiger partial charge >= 0.3 is 6.18 Å². The van der Waals surface area contributed by atoms with Crippen LogP contribution in [0.1, 0.15) is 31.4 Å². The normalized spacial score (nSPS) is 15.2.